The standard InChI is InChI=1S/C23H33BrN2O3/c1-4-6-13-25(14-7-5-2)15-8-16-26-21(18-9-11-19(24)12-10-18)20(17(3)27)22(28)23(26)29/h9-12,21,28H,4-8,13-16H2,1-3H3/t21-/m1/s1. The molecule has 2 rings (SSSR count). The normalized spacial score (nSPS) is 16.9. The van der Waals surface area contributed by atoms with Crippen LogP contribution in [-0.4, -0.2) is 52.8 Å². The highest BCUT2D eigenvalue weighted by Crippen LogP contribution is 2.38. The van der Waals surface area contributed by atoms with Crippen LogP contribution in [0.4, 0.5) is 0 Å². The third-order valence-corrected chi connectivity index (χ3v) is 5.93. The highest BCUT2D eigenvalue weighted by atomic mass is 79.9. The number of halogens is 1. The third-order valence-electron chi connectivity index (χ3n) is 5.40. The van der Waals surface area contributed by atoms with E-state index in [4.69, 9.17) is 0 Å². The lowest BCUT2D eigenvalue weighted by Gasteiger charge is -2.28. The van der Waals surface area contributed by atoms with Gasteiger partial charge in [-0.1, -0.05) is 54.8 Å². The third kappa shape index (κ3) is 6.16. The Morgan fingerprint density at radius 3 is 2.14 bits per heavy atom. The first kappa shape index (κ1) is 23.6. The number of hydrogen-bond acceptors (Lipinski definition) is 4. The quantitative estimate of drug-likeness (QED) is 0.471. The Morgan fingerprint density at radius 1 is 1.07 bits per heavy atom. The Bertz CT molecular complexity index is 722. The summed E-state index contributed by atoms with van der Waals surface area (Å²) in [5.74, 6) is -1.12. The fourth-order valence-electron chi connectivity index (χ4n) is 3.80. The van der Waals surface area contributed by atoms with E-state index in [1.807, 2.05) is 24.3 Å². The predicted octanol–water partition coefficient (Wildman–Crippen LogP) is 5.03. The minimum absolute atomic E-state index is 0.200. The van der Waals surface area contributed by atoms with Crippen molar-refractivity contribution in [2.45, 2.75) is 58.9 Å². The lowest BCUT2D eigenvalue weighted by atomic mass is 9.97. The van der Waals surface area contributed by atoms with Gasteiger partial charge in [0.25, 0.3) is 5.91 Å². The number of nitrogens with zero attached hydrogens (tertiary/aromatic N) is 2. The molecular weight excluding hydrogens is 432 g/mol. The molecular formula is C23H33BrN2O3. The molecule has 0 unspecified atom stereocenters. The van der Waals surface area contributed by atoms with E-state index < -0.39 is 17.7 Å². The first-order valence-electron chi connectivity index (χ1n) is 10.6. The van der Waals surface area contributed by atoms with E-state index in [9.17, 15) is 14.7 Å². The first-order valence-corrected chi connectivity index (χ1v) is 11.4. The number of amides is 1. The average molecular weight is 465 g/mol. The number of carbonyl (C=O) groups excluding carboxylic acids is 2. The van der Waals surface area contributed by atoms with Gasteiger partial charge in [0.1, 0.15) is 0 Å². The van der Waals surface area contributed by atoms with Crippen LogP contribution < -0.4 is 0 Å². The Hall–Kier alpha value is -1.66. The Balaban J connectivity index is 2.13. The fraction of sp³-hybridized carbons (Fsp3) is 0.565. The zero-order chi connectivity index (χ0) is 21.4. The van der Waals surface area contributed by atoms with Crippen LogP contribution in [-0.2, 0) is 9.59 Å². The smallest absolute Gasteiger partial charge is 0.290 e. The molecule has 5 nitrogen and oxygen atoms in total. The van der Waals surface area contributed by atoms with Crippen molar-refractivity contribution in [3.05, 3.63) is 45.6 Å². The summed E-state index contributed by atoms with van der Waals surface area (Å²) < 4.78 is 0.928. The van der Waals surface area contributed by atoms with E-state index in [2.05, 4.69) is 34.7 Å². The van der Waals surface area contributed by atoms with E-state index in [-0.39, 0.29) is 11.4 Å². The Kier molecular flexibility index (Phi) is 9.37. The average Bonchev–Trinajstić information content (AvgIpc) is 2.95. The summed E-state index contributed by atoms with van der Waals surface area (Å²) in [6.07, 6.45) is 5.48. The van der Waals surface area contributed by atoms with Gasteiger partial charge in [-0.25, -0.2) is 0 Å². The number of carbonyl (C=O) groups is 2. The summed E-state index contributed by atoms with van der Waals surface area (Å²) in [6, 6.07) is 7.05. The highest BCUT2D eigenvalue weighted by molar-refractivity contribution is 9.10. The maximum atomic E-state index is 12.7. The predicted molar refractivity (Wildman–Crippen MR) is 120 cm³/mol. The van der Waals surface area contributed by atoms with Crippen molar-refractivity contribution in [3.63, 3.8) is 0 Å². The second kappa shape index (κ2) is 11.5. The second-order valence-electron chi connectivity index (χ2n) is 7.67. The van der Waals surface area contributed by atoms with Crippen molar-refractivity contribution >= 4 is 27.6 Å². The van der Waals surface area contributed by atoms with Crippen LogP contribution in [0.15, 0.2) is 40.1 Å². The summed E-state index contributed by atoms with van der Waals surface area (Å²) in [6.45, 7) is 9.36. The van der Waals surface area contributed by atoms with Crippen molar-refractivity contribution in [2.24, 2.45) is 0 Å². The number of unbranched alkanes of at least 4 members (excludes halogenated alkanes) is 2. The number of rotatable bonds is 12. The van der Waals surface area contributed by atoms with E-state index in [1.165, 1.54) is 32.6 Å². The van der Waals surface area contributed by atoms with Crippen molar-refractivity contribution in [1.29, 1.82) is 0 Å². The van der Waals surface area contributed by atoms with Gasteiger partial charge in [-0.2, -0.15) is 0 Å². The second-order valence-corrected chi connectivity index (χ2v) is 8.59. The summed E-state index contributed by atoms with van der Waals surface area (Å²) in [4.78, 5) is 29.0. The van der Waals surface area contributed by atoms with Gasteiger partial charge >= 0.3 is 0 Å². The SMILES string of the molecule is CCCCN(CCCC)CCCN1C(=O)C(O)=C(C(C)=O)[C@H]1c1ccc(Br)cc1. The monoisotopic (exact) mass is 464 g/mol. The Labute approximate surface area is 182 Å². The number of aliphatic hydroxyl groups excluding tert-OH is 1. The number of benzene rings is 1. The molecule has 0 saturated heterocycles. The van der Waals surface area contributed by atoms with Crippen LogP contribution in [0.25, 0.3) is 0 Å². The van der Waals surface area contributed by atoms with Crippen LogP contribution in [0.2, 0.25) is 0 Å². The maximum Gasteiger partial charge on any atom is 0.290 e. The Morgan fingerprint density at radius 2 is 1.62 bits per heavy atom. The molecule has 29 heavy (non-hydrogen) atoms. The van der Waals surface area contributed by atoms with Gasteiger partial charge in [0, 0.05) is 11.0 Å². The van der Waals surface area contributed by atoms with Crippen LogP contribution in [0, 0.1) is 0 Å². The first-order chi connectivity index (χ1) is 13.9. The zero-order valence-corrected chi connectivity index (χ0v) is 19.4. The van der Waals surface area contributed by atoms with E-state index in [0.29, 0.717) is 6.54 Å². The number of Topliss-reactive ketones (excluding diaryl/α,β-unsaturated/α-hetero) is 1. The van der Waals surface area contributed by atoms with Gasteiger partial charge in [-0.15, -0.1) is 0 Å². The van der Waals surface area contributed by atoms with Crippen molar-refractivity contribution < 1.29 is 14.7 Å². The minimum Gasteiger partial charge on any atom is -0.503 e. The summed E-state index contributed by atoms with van der Waals surface area (Å²) in [5, 5.41) is 10.4. The number of aliphatic hydroxyl groups is 1. The molecule has 0 bridgehead atoms. The van der Waals surface area contributed by atoms with Crippen LogP contribution in [0.1, 0.15) is 64.5 Å². The minimum atomic E-state index is -0.521. The van der Waals surface area contributed by atoms with Crippen LogP contribution >= 0.6 is 15.9 Å². The molecule has 1 heterocycles. The van der Waals surface area contributed by atoms with Crippen LogP contribution in [0.5, 0.6) is 0 Å². The van der Waals surface area contributed by atoms with E-state index in [1.54, 1.807) is 4.90 Å². The number of ketones is 1. The molecule has 1 atom stereocenters. The van der Waals surface area contributed by atoms with Gasteiger partial charge in [0.15, 0.2) is 11.5 Å². The summed E-state index contributed by atoms with van der Waals surface area (Å²) in [5.41, 5.74) is 1.04. The number of hydrogen-bond donors (Lipinski definition) is 1. The molecule has 0 saturated carbocycles. The molecule has 0 fully saturated rings. The molecule has 1 N–H and O–H groups in total. The molecule has 1 aliphatic rings. The van der Waals surface area contributed by atoms with E-state index >= 15 is 0 Å². The fourth-order valence-corrected chi connectivity index (χ4v) is 4.06. The molecule has 0 aliphatic carbocycles. The molecule has 0 aromatic heterocycles. The summed E-state index contributed by atoms with van der Waals surface area (Å²) in [7, 11) is 0. The lowest BCUT2D eigenvalue weighted by Crippen LogP contribution is -2.35. The molecule has 1 aromatic carbocycles. The lowest BCUT2D eigenvalue weighted by molar-refractivity contribution is -0.129. The summed E-state index contributed by atoms with van der Waals surface area (Å²) >= 11 is 3.42. The van der Waals surface area contributed by atoms with Gasteiger partial charge in [0.05, 0.1) is 11.6 Å². The molecule has 160 valence electrons. The van der Waals surface area contributed by atoms with Gasteiger partial charge in [0.2, 0.25) is 0 Å². The molecule has 1 aliphatic heterocycles. The van der Waals surface area contributed by atoms with Crippen molar-refractivity contribution in [3.8, 4) is 0 Å². The van der Waals surface area contributed by atoms with E-state index in [0.717, 1.165) is 36.1 Å². The maximum absolute atomic E-state index is 12.7. The molecule has 1 amide bonds. The molecule has 0 spiro atoms. The largest absolute Gasteiger partial charge is 0.503 e. The molecule has 1 aromatic rings. The topological polar surface area (TPSA) is 60.9 Å². The molecule has 0 radical (unpaired) electrons. The van der Waals surface area contributed by atoms with Crippen molar-refractivity contribution in [2.75, 3.05) is 26.2 Å². The van der Waals surface area contributed by atoms with Gasteiger partial charge in [-0.3, -0.25) is 9.59 Å². The zero-order valence-electron chi connectivity index (χ0n) is 17.8. The van der Waals surface area contributed by atoms with Gasteiger partial charge < -0.3 is 14.9 Å². The van der Waals surface area contributed by atoms with Crippen molar-refractivity contribution in [1.82, 2.24) is 9.80 Å². The molecule has 6 heteroatoms. The highest BCUT2D eigenvalue weighted by Gasteiger charge is 2.41. The van der Waals surface area contributed by atoms with Crippen LogP contribution in [0.3, 0.4) is 0 Å². The van der Waals surface area contributed by atoms with Gasteiger partial charge in [-0.05, 0) is 63.5 Å².